The first-order valence-electron chi connectivity index (χ1n) is 6.19. The third kappa shape index (κ3) is 3.24. The topological polar surface area (TPSA) is 55.8 Å². The van der Waals surface area contributed by atoms with Crippen LogP contribution in [0, 0.1) is 0 Å². The van der Waals surface area contributed by atoms with E-state index < -0.39 is 0 Å². The van der Waals surface area contributed by atoms with Crippen LogP contribution >= 0.6 is 27.7 Å². The van der Waals surface area contributed by atoms with E-state index in [-0.39, 0.29) is 11.1 Å². The Kier molecular flexibility index (Phi) is 4.95. The van der Waals surface area contributed by atoms with Gasteiger partial charge >= 0.3 is 0 Å². The lowest BCUT2D eigenvalue weighted by molar-refractivity contribution is -0.121. The molecule has 1 aliphatic rings. The van der Waals surface area contributed by atoms with Crippen LogP contribution in [0.4, 0.5) is 4.79 Å². The summed E-state index contributed by atoms with van der Waals surface area (Å²) in [5.41, 5.74) is 0.755. The number of hydrogen-bond acceptors (Lipinski definition) is 5. The molecule has 1 aromatic rings. The number of rotatable bonds is 4. The summed E-state index contributed by atoms with van der Waals surface area (Å²) in [5, 5.41) is -0.274. The van der Waals surface area contributed by atoms with Crippen LogP contribution in [0.5, 0.6) is 11.5 Å². The number of hydrogen-bond donors (Lipinski definition) is 0. The number of nitrogens with zero attached hydrogens (tertiary/aromatic N) is 1. The minimum atomic E-state index is -0.296. The van der Waals surface area contributed by atoms with Gasteiger partial charge in [-0.2, -0.15) is 0 Å². The molecule has 2 rings (SSSR count). The van der Waals surface area contributed by atoms with Crippen LogP contribution in [0.3, 0.4) is 0 Å². The molecule has 0 saturated carbocycles. The number of amides is 2. The first-order valence-corrected chi connectivity index (χ1v) is 7.80. The van der Waals surface area contributed by atoms with Gasteiger partial charge < -0.3 is 9.47 Å². The fraction of sp³-hybridized carbons (Fsp3) is 0.286. The predicted octanol–water partition coefficient (Wildman–Crippen LogP) is 3.52. The Morgan fingerprint density at radius 3 is 2.62 bits per heavy atom. The molecule has 1 fully saturated rings. The molecule has 0 bridgehead atoms. The summed E-state index contributed by atoms with van der Waals surface area (Å²) in [6, 6.07) is 3.59. The van der Waals surface area contributed by atoms with Crippen LogP contribution in [0.1, 0.15) is 12.5 Å². The molecule has 2 amide bonds. The Labute approximate surface area is 135 Å². The normalized spacial score (nSPS) is 16.8. The quantitative estimate of drug-likeness (QED) is 0.757. The van der Waals surface area contributed by atoms with E-state index in [4.69, 9.17) is 9.47 Å². The maximum atomic E-state index is 11.9. The fourth-order valence-corrected chi connectivity index (χ4v) is 3.28. The summed E-state index contributed by atoms with van der Waals surface area (Å²) in [4.78, 5) is 24.9. The van der Waals surface area contributed by atoms with E-state index in [1.54, 1.807) is 19.3 Å². The summed E-state index contributed by atoms with van der Waals surface area (Å²) in [6.07, 6.45) is 1.67. The molecule has 7 heteroatoms. The molecule has 0 atom stereocenters. The van der Waals surface area contributed by atoms with E-state index in [2.05, 4.69) is 15.9 Å². The number of benzene rings is 1. The van der Waals surface area contributed by atoms with Crippen molar-refractivity contribution >= 4 is 44.9 Å². The van der Waals surface area contributed by atoms with Crippen LogP contribution < -0.4 is 9.47 Å². The molecule has 0 aromatic heterocycles. The maximum absolute atomic E-state index is 11.9. The third-order valence-electron chi connectivity index (χ3n) is 2.82. The highest BCUT2D eigenvalue weighted by molar-refractivity contribution is 9.10. The fourth-order valence-electron chi connectivity index (χ4n) is 1.83. The molecule has 112 valence electrons. The molecule has 0 N–H and O–H groups in total. The molecular formula is C14H14BrNO4S. The predicted molar refractivity (Wildman–Crippen MR) is 85.6 cm³/mol. The molecule has 0 spiro atoms. The van der Waals surface area contributed by atoms with Gasteiger partial charge in [-0.1, -0.05) is 0 Å². The SMILES string of the molecule is CCOc1cc(/C=C2\SC(=O)N(C)C2=O)cc(Br)c1OC. The lowest BCUT2D eigenvalue weighted by atomic mass is 10.2. The van der Waals surface area contributed by atoms with E-state index in [9.17, 15) is 9.59 Å². The second-order valence-corrected chi connectivity index (χ2v) is 6.06. The van der Waals surface area contributed by atoms with Crippen molar-refractivity contribution in [2.75, 3.05) is 20.8 Å². The highest BCUT2D eigenvalue weighted by atomic mass is 79.9. The Hall–Kier alpha value is -1.47. The van der Waals surface area contributed by atoms with Gasteiger partial charge in [0, 0.05) is 7.05 Å². The van der Waals surface area contributed by atoms with Crippen LogP contribution in [-0.4, -0.2) is 36.8 Å². The van der Waals surface area contributed by atoms with Crippen LogP contribution in [0.25, 0.3) is 6.08 Å². The number of likely N-dealkylation sites (N-methyl/N-ethyl adjacent to an activating group) is 1. The summed E-state index contributed by atoms with van der Waals surface area (Å²) in [5.74, 6) is 0.879. The first kappa shape index (κ1) is 15.9. The zero-order valence-corrected chi connectivity index (χ0v) is 14.2. The van der Waals surface area contributed by atoms with Crippen molar-refractivity contribution in [3.05, 3.63) is 27.1 Å². The van der Waals surface area contributed by atoms with Gasteiger partial charge in [0.05, 0.1) is 23.1 Å². The number of thioether (sulfide) groups is 1. The maximum Gasteiger partial charge on any atom is 0.293 e. The summed E-state index contributed by atoms with van der Waals surface area (Å²) in [6.45, 7) is 2.38. The highest BCUT2D eigenvalue weighted by Crippen LogP contribution is 2.38. The lowest BCUT2D eigenvalue weighted by Gasteiger charge is -2.12. The second-order valence-electron chi connectivity index (χ2n) is 4.21. The summed E-state index contributed by atoms with van der Waals surface area (Å²) in [7, 11) is 3.03. The van der Waals surface area contributed by atoms with Gasteiger partial charge in [-0.15, -0.1) is 0 Å². The molecule has 0 unspecified atom stereocenters. The average Bonchev–Trinajstić information content (AvgIpc) is 2.67. The Morgan fingerprint density at radius 2 is 2.10 bits per heavy atom. The van der Waals surface area contributed by atoms with Crippen molar-refractivity contribution in [1.82, 2.24) is 4.90 Å². The number of carbonyl (C=O) groups excluding carboxylic acids is 2. The van der Waals surface area contributed by atoms with Crippen molar-refractivity contribution in [3.8, 4) is 11.5 Å². The highest BCUT2D eigenvalue weighted by Gasteiger charge is 2.31. The standard InChI is InChI=1S/C14H14BrNO4S/c1-4-20-10-6-8(5-9(15)12(10)19-3)7-11-13(17)16(2)14(18)21-11/h5-7H,4H2,1-3H3/b11-7-. The molecule has 1 aromatic carbocycles. The molecule has 1 saturated heterocycles. The Balaban J connectivity index is 2.41. The molecule has 21 heavy (non-hydrogen) atoms. The van der Waals surface area contributed by atoms with Crippen molar-refractivity contribution in [3.63, 3.8) is 0 Å². The van der Waals surface area contributed by atoms with Crippen molar-refractivity contribution in [1.29, 1.82) is 0 Å². The second kappa shape index (κ2) is 6.53. The van der Waals surface area contributed by atoms with Gasteiger partial charge in [0.2, 0.25) is 0 Å². The minimum absolute atomic E-state index is 0.274. The zero-order chi connectivity index (χ0) is 15.6. The van der Waals surface area contributed by atoms with Crippen LogP contribution in [0.2, 0.25) is 0 Å². The van der Waals surface area contributed by atoms with E-state index >= 15 is 0 Å². The summed E-state index contributed by atoms with van der Waals surface area (Å²) >= 11 is 4.34. The van der Waals surface area contributed by atoms with Gasteiger partial charge in [0.25, 0.3) is 11.1 Å². The van der Waals surface area contributed by atoms with Crippen molar-refractivity contribution < 1.29 is 19.1 Å². The summed E-state index contributed by atoms with van der Waals surface area (Å²) < 4.78 is 11.5. The number of imide groups is 1. The number of methoxy groups -OCH3 is 1. The average molecular weight is 372 g/mol. The lowest BCUT2D eigenvalue weighted by Crippen LogP contribution is -2.22. The molecule has 5 nitrogen and oxygen atoms in total. The van der Waals surface area contributed by atoms with Gasteiger partial charge in [0.1, 0.15) is 0 Å². The number of halogens is 1. The van der Waals surface area contributed by atoms with Crippen molar-refractivity contribution in [2.45, 2.75) is 6.92 Å². The van der Waals surface area contributed by atoms with Crippen LogP contribution in [0.15, 0.2) is 21.5 Å². The monoisotopic (exact) mass is 371 g/mol. The zero-order valence-electron chi connectivity index (χ0n) is 11.8. The van der Waals surface area contributed by atoms with E-state index in [1.807, 2.05) is 13.0 Å². The van der Waals surface area contributed by atoms with Gasteiger partial charge in [0.15, 0.2) is 11.5 Å². The van der Waals surface area contributed by atoms with E-state index in [1.165, 1.54) is 7.05 Å². The first-order chi connectivity index (χ1) is 9.97. The Bertz CT molecular complexity index is 630. The van der Waals surface area contributed by atoms with Gasteiger partial charge in [-0.25, -0.2) is 0 Å². The minimum Gasteiger partial charge on any atom is -0.492 e. The van der Waals surface area contributed by atoms with Gasteiger partial charge in [-0.05, 0) is 58.4 Å². The van der Waals surface area contributed by atoms with Crippen LogP contribution in [-0.2, 0) is 4.79 Å². The van der Waals surface area contributed by atoms with E-state index in [0.29, 0.717) is 23.0 Å². The molecule has 0 aliphatic carbocycles. The smallest absolute Gasteiger partial charge is 0.293 e. The molecule has 1 heterocycles. The number of ether oxygens (including phenoxy) is 2. The number of carbonyl (C=O) groups is 2. The molecular weight excluding hydrogens is 358 g/mol. The van der Waals surface area contributed by atoms with Crippen molar-refractivity contribution in [2.24, 2.45) is 0 Å². The molecule has 0 radical (unpaired) electrons. The van der Waals surface area contributed by atoms with E-state index in [0.717, 1.165) is 26.7 Å². The molecule has 1 aliphatic heterocycles. The largest absolute Gasteiger partial charge is 0.492 e. The third-order valence-corrected chi connectivity index (χ3v) is 4.37. The Morgan fingerprint density at radius 1 is 1.38 bits per heavy atom. The van der Waals surface area contributed by atoms with Gasteiger partial charge in [-0.3, -0.25) is 14.5 Å².